The predicted molar refractivity (Wildman–Crippen MR) is 95.1 cm³/mol. The van der Waals surface area contributed by atoms with E-state index in [9.17, 15) is 0 Å². The van der Waals surface area contributed by atoms with E-state index in [0.29, 0.717) is 0 Å². The normalized spacial score (nSPS) is 10.8. The lowest BCUT2D eigenvalue weighted by molar-refractivity contribution is 1.33. The maximum atomic E-state index is 4.23. The Bertz CT molecular complexity index is 970. The summed E-state index contributed by atoms with van der Waals surface area (Å²) < 4.78 is 0. The van der Waals surface area contributed by atoms with E-state index in [1.807, 2.05) is 24.7 Å². The van der Waals surface area contributed by atoms with E-state index >= 15 is 0 Å². The molecule has 23 heavy (non-hydrogen) atoms. The molecule has 0 saturated heterocycles. The smallest absolute Gasteiger partial charge is 0.0346 e. The first-order chi connectivity index (χ1) is 11.3. The van der Waals surface area contributed by atoms with Gasteiger partial charge >= 0.3 is 0 Å². The molecule has 0 N–H and O–H groups in total. The molecule has 2 nitrogen and oxygen atoms in total. The van der Waals surface area contributed by atoms with Gasteiger partial charge in [-0.3, -0.25) is 9.97 Å². The SMILES string of the molecule is Cc1cc(-c2cccnc2)cc(-c2cccc3cnccc23)c1. The Morgan fingerprint density at radius 3 is 2.43 bits per heavy atom. The van der Waals surface area contributed by atoms with Crippen LogP contribution in [-0.2, 0) is 0 Å². The van der Waals surface area contributed by atoms with Gasteiger partial charge in [0.25, 0.3) is 0 Å². The molecular weight excluding hydrogens is 280 g/mol. The molecule has 2 heterocycles. The molecule has 0 aliphatic heterocycles. The highest BCUT2D eigenvalue weighted by molar-refractivity contribution is 5.96. The minimum atomic E-state index is 1.14. The topological polar surface area (TPSA) is 25.8 Å². The van der Waals surface area contributed by atoms with E-state index in [2.05, 4.69) is 65.4 Å². The average Bonchev–Trinajstić information content (AvgIpc) is 2.61. The Kier molecular flexibility index (Phi) is 3.35. The molecule has 4 aromatic rings. The minimum absolute atomic E-state index is 1.14. The summed E-state index contributed by atoms with van der Waals surface area (Å²) in [6.07, 6.45) is 7.48. The lowest BCUT2D eigenvalue weighted by Crippen LogP contribution is -1.87. The molecule has 0 unspecified atom stereocenters. The molecule has 0 saturated carbocycles. The van der Waals surface area contributed by atoms with Crippen molar-refractivity contribution in [2.75, 3.05) is 0 Å². The van der Waals surface area contributed by atoms with Crippen LogP contribution in [-0.4, -0.2) is 9.97 Å². The monoisotopic (exact) mass is 296 g/mol. The van der Waals surface area contributed by atoms with Crippen molar-refractivity contribution in [2.24, 2.45) is 0 Å². The van der Waals surface area contributed by atoms with Crippen LogP contribution in [0.15, 0.2) is 79.4 Å². The van der Waals surface area contributed by atoms with Crippen molar-refractivity contribution in [2.45, 2.75) is 6.92 Å². The number of rotatable bonds is 2. The van der Waals surface area contributed by atoms with Gasteiger partial charge in [-0.25, -0.2) is 0 Å². The quantitative estimate of drug-likeness (QED) is 0.503. The van der Waals surface area contributed by atoms with Crippen LogP contribution in [0, 0.1) is 6.92 Å². The van der Waals surface area contributed by atoms with Gasteiger partial charge in [0.15, 0.2) is 0 Å². The van der Waals surface area contributed by atoms with Gasteiger partial charge < -0.3 is 0 Å². The zero-order chi connectivity index (χ0) is 15.6. The van der Waals surface area contributed by atoms with E-state index in [-0.39, 0.29) is 0 Å². The van der Waals surface area contributed by atoms with Crippen molar-refractivity contribution in [3.63, 3.8) is 0 Å². The molecule has 0 atom stereocenters. The number of benzene rings is 2. The summed E-state index contributed by atoms with van der Waals surface area (Å²) in [6, 6.07) is 19.2. The Labute approximate surface area is 135 Å². The number of hydrogen-bond donors (Lipinski definition) is 0. The average molecular weight is 296 g/mol. The second kappa shape index (κ2) is 5.65. The molecule has 0 spiro atoms. The second-order valence-electron chi connectivity index (χ2n) is 5.73. The van der Waals surface area contributed by atoms with Crippen molar-refractivity contribution in [3.05, 3.63) is 84.9 Å². The van der Waals surface area contributed by atoms with E-state index in [1.54, 1.807) is 6.20 Å². The van der Waals surface area contributed by atoms with E-state index in [4.69, 9.17) is 0 Å². The summed E-state index contributed by atoms with van der Waals surface area (Å²) in [7, 11) is 0. The molecule has 0 aliphatic rings. The fraction of sp³-hybridized carbons (Fsp3) is 0.0476. The zero-order valence-electron chi connectivity index (χ0n) is 12.9. The zero-order valence-corrected chi connectivity index (χ0v) is 12.9. The Hall–Kier alpha value is -3.00. The summed E-state index contributed by atoms with van der Waals surface area (Å²) in [6.45, 7) is 2.13. The van der Waals surface area contributed by atoms with Gasteiger partial charge in [-0.1, -0.05) is 36.4 Å². The predicted octanol–water partition coefficient (Wildman–Crippen LogP) is 5.27. The first-order valence-electron chi connectivity index (χ1n) is 7.66. The third-order valence-corrected chi connectivity index (χ3v) is 4.06. The minimum Gasteiger partial charge on any atom is -0.264 e. The number of nitrogens with zero attached hydrogens (tertiary/aromatic N) is 2. The van der Waals surface area contributed by atoms with Crippen molar-refractivity contribution in [3.8, 4) is 22.3 Å². The number of hydrogen-bond acceptors (Lipinski definition) is 2. The number of aromatic nitrogens is 2. The van der Waals surface area contributed by atoms with Crippen molar-refractivity contribution in [1.29, 1.82) is 0 Å². The van der Waals surface area contributed by atoms with Crippen LogP contribution in [0.3, 0.4) is 0 Å². The summed E-state index contributed by atoms with van der Waals surface area (Å²) in [5, 5.41) is 2.39. The third kappa shape index (κ3) is 2.59. The summed E-state index contributed by atoms with van der Waals surface area (Å²) in [5.41, 5.74) is 6.03. The molecule has 4 rings (SSSR count). The van der Waals surface area contributed by atoms with Crippen LogP contribution >= 0.6 is 0 Å². The maximum Gasteiger partial charge on any atom is 0.0346 e. The second-order valence-corrected chi connectivity index (χ2v) is 5.73. The molecule has 110 valence electrons. The molecule has 0 aliphatic carbocycles. The summed E-state index contributed by atoms with van der Waals surface area (Å²) in [5.74, 6) is 0. The summed E-state index contributed by atoms with van der Waals surface area (Å²) >= 11 is 0. The van der Waals surface area contributed by atoms with Crippen LogP contribution < -0.4 is 0 Å². The number of pyridine rings is 2. The van der Waals surface area contributed by atoms with Crippen LogP contribution in [0.5, 0.6) is 0 Å². The van der Waals surface area contributed by atoms with Crippen LogP contribution in [0.2, 0.25) is 0 Å². The van der Waals surface area contributed by atoms with E-state index in [0.717, 1.165) is 10.9 Å². The molecule has 2 aromatic carbocycles. The molecule has 2 aromatic heterocycles. The van der Waals surface area contributed by atoms with Gasteiger partial charge in [-0.15, -0.1) is 0 Å². The lowest BCUT2D eigenvalue weighted by Gasteiger charge is -2.10. The van der Waals surface area contributed by atoms with Gasteiger partial charge in [0.05, 0.1) is 0 Å². The highest BCUT2D eigenvalue weighted by Gasteiger charge is 2.07. The molecule has 0 fully saturated rings. The van der Waals surface area contributed by atoms with Gasteiger partial charge in [-0.2, -0.15) is 0 Å². The Balaban J connectivity index is 1.94. The highest BCUT2D eigenvalue weighted by Crippen LogP contribution is 2.32. The van der Waals surface area contributed by atoms with Crippen molar-refractivity contribution >= 4 is 10.8 Å². The summed E-state index contributed by atoms with van der Waals surface area (Å²) in [4.78, 5) is 8.46. The first kappa shape index (κ1) is 13.6. The van der Waals surface area contributed by atoms with Crippen LogP contribution in [0.1, 0.15) is 5.56 Å². The van der Waals surface area contributed by atoms with Gasteiger partial charge in [0.1, 0.15) is 0 Å². The maximum absolute atomic E-state index is 4.23. The van der Waals surface area contributed by atoms with Gasteiger partial charge in [0.2, 0.25) is 0 Å². The number of fused-ring (bicyclic) bond motifs is 1. The number of aryl methyl sites for hydroxylation is 1. The largest absolute Gasteiger partial charge is 0.264 e. The highest BCUT2D eigenvalue weighted by atomic mass is 14.6. The first-order valence-corrected chi connectivity index (χ1v) is 7.66. The molecular formula is C21H16N2. The standard InChI is InChI=1S/C21H16N2/c1-15-10-18(16-5-3-8-22-13-16)12-19(11-15)20-6-2-4-17-14-23-9-7-21(17)20/h2-14H,1H3. The van der Waals surface area contributed by atoms with Gasteiger partial charge in [0, 0.05) is 35.7 Å². The molecule has 0 amide bonds. The van der Waals surface area contributed by atoms with E-state index < -0.39 is 0 Å². The fourth-order valence-electron chi connectivity index (χ4n) is 3.01. The molecule has 0 bridgehead atoms. The van der Waals surface area contributed by atoms with E-state index in [1.165, 1.54) is 27.6 Å². The van der Waals surface area contributed by atoms with Crippen LogP contribution in [0.4, 0.5) is 0 Å². The molecule has 2 heteroatoms. The Morgan fingerprint density at radius 1 is 0.696 bits per heavy atom. The van der Waals surface area contributed by atoms with Crippen LogP contribution in [0.25, 0.3) is 33.0 Å². The van der Waals surface area contributed by atoms with Crippen molar-refractivity contribution < 1.29 is 0 Å². The fourth-order valence-corrected chi connectivity index (χ4v) is 3.01. The van der Waals surface area contributed by atoms with Gasteiger partial charge in [-0.05, 0) is 52.8 Å². The Morgan fingerprint density at radius 2 is 1.57 bits per heavy atom. The lowest BCUT2D eigenvalue weighted by atomic mass is 9.94. The van der Waals surface area contributed by atoms with Crippen molar-refractivity contribution in [1.82, 2.24) is 9.97 Å². The molecule has 0 radical (unpaired) electrons. The third-order valence-electron chi connectivity index (χ3n) is 4.06.